The van der Waals surface area contributed by atoms with E-state index in [4.69, 9.17) is 14.5 Å². The van der Waals surface area contributed by atoms with Gasteiger partial charge in [-0.15, -0.1) is 0 Å². The molecule has 5 rings (SSSR count). The van der Waals surface area contributed by atoms with Gasteiger partial charge in [-0.1, -0.05) is 0 Å². The highest BCUT2D eigenvalue weighted by Crippen LogP contribution is 2.44. The molecule has 0 aliphatic carbocycles. The van der Waals surface area contributed by atoms with Gasteiger partial charge in [0.25, 0.3) is 0 Å². The van der Waals surface area contributed by atoms with Gasteiger partial charge in [-0.2, -0.15) is 0 Å². The monoisotopic (exact) mass is 384 g/mol. The van der Waals surface area contributed by atoms with E-state index in [0.29, 0.717) is 23.9 Å². The summed E-state index contributed by atoms with van der Waals surface area (Å²) in [7, 11) is 1.61. The number of aromatic nitrogens is 2. The number of morpholine rings is 1. The van der Waals surface area contributed by atoms with Crippen LogP contribution >= 0.6 is 0 Å². The molecule has 0 unspecified atom stereocenters. The zero-order valence-corrected chi connectivity index (χ0v) is 16.1. The third kappa shape index (κ3) is 3.12. The second-order valence-corrected chi connectivity index (χ2v) is 7.75. The third-order valence-electron chi connectivity index (χ3n) is 6.22. The number of fused-ring (bicyclic) bond motifs is 4. The maximum absolute atomic E-state index is 14.4. The van der Waals surface area contributed by atoms with Gasteiger partial charge >= 0.3 is 0 Å². The van der Waals surface area contributed by atoms with Crippen molar-refractivity contribution in [2.24, 2.45) is 0 Å². The Labute approximate surface area is 164 Å². The minimum absolute atomic E-state index is 0.176. The standard InChI is InChI=1S/C21H25FN4O2/c1-27-16-3-4-18(22)14(10-16)13-26-15-2-5-20(26)17-12-23-21(24-19(17)11-15)25-6-8-28-9-7-25/h3-4,10,12,15,20H,2,5-9,11,13H2,1H3/t15-,20+/m0/s1. The number of ether oxygens (including phenoxy) is 2. The van der Waals surface area contributed by atoms with Crippen LogP contribution in [-0.2, 0) is 17.7 Å². The molecule has 0 radical (unpaired) electrons. The Kier molecular flexibility index (Phi) is 4.64. The summed E-state index contributed by atoms with van der Waals surface area (Å²) in [6.45, 7) is 3.72. The van der Waals surface area contributed by atoms with Crippen LogP contribution in [0.3, 0.4) is 0 Å². The average Bonchev–Trinajstić information content (AvgIpc) is 3.01. The Morgan fingerprint density at radius 3 is 2.93 bits per heavy atom. The number of benzene rings is 1. The molecule has 6 nitrogen and oxygen atoms in total. The topological polar surface area (TPSA) is 50.7 Å². The molecule has 3 aliphatic heterocycles. The van der Waals surface area contributed by atoms with Gasteiger partial charge in [0.2, 0.25) is 5.95 Å². The molecule has 28 heavy (non-hydrogen) atoms. The summed E-state index contributed by atoms with van der Waals surface area (Å²) in [6, 6.07) is 5.63. The van der Waals surface area contributed by atoms with Crippen molar-refractivity contribution in [3.63, 3.8) is 0 Å². The van der Waals surface area contributed by atoms with Crippen LogP contribution in [0.4, 0.5) is 10.3 Å². The van der Waals surface area contributed by atoms with Crippen molar-refractivity contribution < 1.29 is 13.9 Å². The Balaban J connectivity index is 1.40. The maximum atomic E-state index is 14.4. The lowest BCUT2D eigenvalue weighted by molar-refractivity contribution is 0.122. The zero-order chi connectivity index (χ0) is 19.1. The number of hydrogen-bond donors (Lipinski definition) is 0. The smallest absolute Gasteiger partial charge is 0.225 e. The zero-order valence-electron chi connectivity index (χ0n) is 16.1. The predicted molar refractivity (Wildman–Crippen MR) is 103 cm³/mol. The first-order valence-corrected chi connectivity index (χ1v) is 9.99. The first-order chi connectivity index (χ1) is 13.7. The quantitative estimate of drug-likeness (QED) is 0.808. The van der Waals surface area contributed by atoms with Crippen LogP contribution in [0, 0.1) is 5.82 Å². The van der Waals surface area contributed by atoms with E-state index < -0.39 is 0 Å². The fourth-order valence-corrected chi connectivity index (χ4v) is 4.72. The van der Waals surface area contributed by atoms with E-state index in [2.05, 4.69) is 14.8 Å². The van der Waals surface area contributed by atoms with Gasteiger partial charge in [0.05, 0.1) is 26.0 Å². The fraction of sp³-hybridized carbons (Fsp3) is 0.524. The molecular weight excluding hydrogens is 359 g/mol. The summed E-state index contributed by atoms with van der Waals surface area (Å²) >= 11 is 0. The fourth-order valence-electron chi connectivity index (χ4n) is 4.72. The molecule has 2 saturated heterocycles. The van der Waals surface area contributed by atoms with Crippen molar-refractivity contribution in [3.05, 3.63) is 47.0 Å². The van der Waals surface area contributed by atoms with Crippen molar-refractivity contribution in [2.45, 2.75) is 37.9 Å². The van der Waals surface area contributed by atoms with Crippen molar-refractivity contribution in [3.8, 4) is 5.75 Å². The van der Waals surface area contributed by atoms with Crippen molar-refractivity contribution in [2.75, 3.05) is 38.3 Å². The van der Waals surface area contributed by atoms with Gasteiger partial charge in [-0.25, -0.2) is 14.4 Å². The minimum Gasteiger partial charge on any atom is -0.497 e. The summed E-state index contributed by atoms with van der Waals surface area (Å²) in [6.07, 6.45) is 5.08. The number of methoxy groups -OCH3 is 1. The van der Waals surface area contributed by atoms with E-state index in [1.54, 1.807) is 13.2 Å². The molecule has 0 amide bonds. The molecule has 0 N–H and O–H groups in total. The highest BCUT2D eigenvalue weighted by molar-refractivity contribution is 5.38. The largest absolute Gasteiger partial charge is 0.497 e. The first kappa shape index (κ1) is 17.8. The molecule has 3 aliphatic rings. The Morgan fingerprint density at radius 2 is 2.11 bits per heavy atom. The molecule has 2 aromatic rings. The molecule has 0 saturated carbocycles. The van der Waals surface area contributed by atoms with Crippen molar-refractivity contribution in [1.29, 1.82) is 0 Å². The van der Waals surface area contributed by atoms with Gasteiger partial charge in [0.1, 0.15) is 11.6 Å². The third-order valence-corrected chi connectivity index (χ3v) is 6.22. The van der Waals surface area contributed by atoms with Crippen LogP contribution in [0.1, 0.15) is 35.7 Å². The SMILES string of the molecule is COc1ccc(F)c(CN2[C@H]3CC[C@@H]2c2cnc(N4CCOCC4)nc2C3)c1. The van der Waals surface area contributed by atoms with Crippen LogP contribution in [-0.4, -0.2) is 54.3 Å². The molecule has 2 atom stereocenters. The molecule has 2 fully saturated rings. The summed E-state index contributed by atoms with van der Waals surface area (Å²) in [4.78, 5) is 14.2. The summed E-state index contributed by atoms with van der Waals surface area (Å²) in [5.41, 5.74) is 3.05. The lowest BCUT2D eigenvalue weighted by atomic mass is 9.98. The van der Waals surface area contributed by atoms with Crippen molar-refractivity contribution in [1.82, 2.24) is 14.9 Å². The van der Waals surface area contributed by atoms with Gasteiger partial charge in [0, 0.05) is 55.5 Å². The lowest BCUT2D eigenvalue weighted by Gasteiger charge is -2.36. The van der Waals surface area contributed by atoms with E-state index in [9.17, 15) is 4.39 Å². The Hall–Kier alpha value is -2.25. The predicted octanol–water partition coefficient (Wildman–Crippen LogP) is 2.72. The second kappa shape index (κ2) is 7.29. The maximum Gasteiger partial charge on any atom is 0.225 e. The summed E-state index contributed by atoms with van der Waals surface area (Å²) in [5, 5.41) is 0. The number of nitrogens with zero attached hydrogens (tertiary/aromatic N) is 4. The molecule has 2 bridgehead atoms. The summed E-state index contributed by atoms with van der Waals surface area (Å²) in [5.74, 6) is 1.33. The van der Waals surface area contributed by atoms with E-state index in [1.165, 1.54) is 11.6 Å². The molecule has 1 aromatic heterocycles. The van der Waals surface area contributed by atoms with Gasteiger partial charge in [-0.3, -0.25) is 4.90 Å². The minimum atomic E-state index is -0.176. The average molecular weight is 384 g/mol. The summed E-state index contributed by atoms with van der Waals surface area (Å²) < 4.78 is 25.1. The first-order valence-electron chi connectivity index (χ1n) is 9.99. The van der Waals surface area contributed by atoms with Crippen LogP contribution in [0.25, 0.3) is 0 Å². The van der Waals surface area contributed by atoms with Crippen molar-refractivity contribution >= 4 is 5.95 Å². The highest BCUT2D eigenvalue weighted by atomic mass is 19.1. The van der Waals surface area contributed by atoms with Gasteiger partial charge < -0.3 is 14.4 Å². The van der Waals surface area contributed by atoms with E-state index in [0.717, 1.165) is 57.2 Å². The number of hydrogen-bond acceptors (Lipinski definition) is 6. The molecule has 148 valence electrons. The molecule has 4 heterocycles. The highest BCUT2D eigenvalue weighted by Gasteiger charge is 2.41. The van der Waals surface area contributed by atoms with E-state index >= 15 is 0 Å². The number of rotatable bonds is 4. The van der Waals surface area contributed by atoms with Gasteiger partial charge in [0.15, 0.2) is 0 Å². The molecule has 7 heteroatoms. The van der Waals surface area contributed by atoms with Crippen LogP contribution in [0.15, 0.2) is 24.4 Å². The lowest BCUT2D eigenvalue weighted by Crippen LogP contribution is -2.40. The number of anilines is 1. The van der Waals surface area contributed by atoms with Crippen LogP contribution < -0.4 is 9.64 Å². The molecule has 1 aromatic carbocycles. The van der Waals surface area contributed by atoms with E-state index in [-0.39, 0.29) is 11.9 Å². The van der Waals surface area contributed by atoms with Gasteiger partial charge in [-0.05, 0) is 31.0 Å². The normalized spacial score (nSPS) is 24.3. The Morgan fingerprint density at radius 1 is 1.25 bits per heavy atom. The Bertz CT molecular complexity index is 871. The second-order valence-electron chi connectivity index (χ2n) is 7.75. The molecular formula is C21H25FN4O2. The number of halogens is 1. The van der Waals surface area contributed by atoms with Crippen LogP contribution in [0.2, 0.25) is 0 Å². The van der Waals surface area contributed by atoms with Crippen LogP contribution in [0.5, 0.6) is 5.75 Å². The molecule has 0 spiro atoms. The van der Waals surface area contributed by atoms with E-state index in [1.807, 2.05) is 12.3 Å².